The molecular formula is C14H23ClN4O. The van der Waals surface area contributed by atoms with E-state index in [2.05, 4.69) is 22.4 Å². The van der Waals surface area contributed by atoms with Gasteiger partial charge in [0, 0.05) is 25.7 Å². The number of halogens is 1. The van der Waals surface area contributed by atoms with Crippen molar-refractivity contribution in [2.45, 2.75) is 45.2 Å². The van der Waals surface area contributed by atoms with E-state index in [-0.39, 0.29) is 10.6 Å². The number of likely N-dealkylation sites (N-methyl/N-ethyl adjacent to an activating group) is 1. The van der Waals surface area contributed by atoms with E-state index in [1.165, 1.54) is 30.4 Å². The lowest BCUT2D eigenvalue weighted by Gasteiger charge is -2.24. The van der Waals surface area contributed by atoms with E-state index in [4.69, 9.17) is 11.6 Å². The summed E-state index contributed by atoms with van der Waals surface area (Å²) in [5.74, 6) is 0. The second-order valence-electron chi connectivity index (χ2n) is 5.34. The van der Waals surface area contributed by atoms with Crippen molar-refractivity contribution in [3.05, 3.63) is 21.6 Å². The average molecular weight is 299 g/mol. The maximum absolute atomic E-state index is 11.8. The zero-order chi connectivity index (χ0) is 14.5. The molecule has 0 atom stereocenters. The van der Waals surface area contributed by atoms with Gasteiger partial charge in [-0.05, 0) is 26.8 Å². The number of aryl methyl sites for hydroxylation is 1. The standard InChI is InChI=1S/C14H23ClN4O/c1-3-19-14(20)13(15)12(10-17-19)16-8-9-18(2)11-6-4-5-7-11/h10-11,16H,3-9H2,1-2H3. The number of anilines is 1. The number of nitrogens with zero attached hydrogens (tertiary/aromatic N) is 3. The first-order chi connectivity index (χ1) is 9.63. The van der Waals surface area contributed by atoms with Crippen LogP contribution in [0.2, 0.25) is 5.02 Å². The molecule has 1 aliphatic rings. The molecule has 5 nitrogen and oxygen atoms in total. The quantitative estimate of drug-likeness (QED) is 0.875. The Labute approximate surface area is 124 Å². The molecule has 1 aliphatic carbocycles. The van der Waals surface area contributed by atoms with Gasteiger partial charge in [0.1, 0.15) is 5.02 Å². The van der Waals surface area contributed by atoms with Crippen molar-refractivity contribution in [3.63, 3.8) is 0 Å². The summed E-state index contributed by atoms with van der Waals surface area (Å²) >= 11 is 6.07. The molecule has 112 valence electrons. The first-order valence-electron chi connectivity index (χ1n) is 7.33. The van der Waals surface area contributed by atoms with E-state index >= 15 is 0 Å². The predicted octanol–water partition coefficient (Wildman–Crippen LogP) is 2.20. The van der Waals surface area contributed by atoms with Crippen LogP contribution in [0, 0.1) is 0 Å². The fraction of sp³-hybridized carbons (Fsp3) is 0.714. The molecule has 0 aromatic carbocycles. The topological polar surface area (TPSA) is 50.2 Å². The van der Waals surface area contributed by atoms with Gasteiger partial charge >= 0.3 is 0 Å². The van der Waals surface area contributed by atoms with E-state index < -0.39 is 0 Å². The minimum atomic E-state index is -0.233. The van der Waals surface area contributed by atoms with Crippen molar-refractivity contribution in [1.29, 1.82) is 0 Å². The fourth-order valence-corrected chi connectivity index (χ4v) is 2.92. The van der Waals surface area contributed by atoms with Crippen LogP contribution in [-0.4, -0.2) is 40.9 Å². The molecule has 0 spiro atoms. The minimum Gasteiger partial charge on any atom is -0.381 e. The lowest BCUT2D eigenvalue weighted by Crippen LogP contribution is -2.33. The SMILES string of the molecule is CCn1ncc(NCCN(C)C2CCCC2)c(Cl)c1=O. The van der Waals surface area contributed by atoms with Gasteiger partial charge in [-0.3, -0.25) is 4.79 Å². The highest BCUT2D eigenvalue weighted by molar-refractivity contribution is 6.32. The number of rotatable bonds is 6. The van der Waals surface area contributed by atoms with E-state index in [9.17, 15) is 4.79 Å². The van der Waals surface area contributed by atoms with Crippen molar-refractivity contribution in [3.8, 4) is 0 Å². The van der Waals surface area contributed by atoms with Gasteiger partial charge in [-0.25, -0.2) is 4.68 Å². The van der Waals surface area contributed by atoms with Crippen LogP contribution in [-0.2, 0) is 6.54 Å². The van der Waals surface area contributed by atoms with Crippen LogP contribution in [0.15, 0.2) is 11.0 Å². The Morgan fingerprint density at radius 1 is 1.50 bits per heavy atom. The molecule has 2 rings (SSSR count). The van der Waals surface area contributed by atoms with Gasteiger partial charge in [0.05, 0.1) is 11.9 Å². The molecule has 1 aromatic heterocycles. The van der Waals surface area contributed by atoms with Crippen LogP contribution in [0.1, 0.15) is 32.6 Å². The molecule has 1 heterocycles. The van der Waals surface area contributed by atoms with E-state index in [1.54, 1.807) is 6.20 Å². The van der Waals surface area contributed by atoms with Crippen molar-refractivity contribution in [2.75, 3.05) is 25.5 Å². The number of nitrogens with one attached hydrogen (secondary N) is 1. The second kappa shape index (κ2) is 7.09. The molecule has 0 unspecified atom stereocenters. The van der Waals surface area contributed by atoms with Crippen LogP contribution < -0.4 is 10.9 Å². The number of aromatic nitrogens is 2. The zero-order valence-corrected chi connectivity index (χ0v) is 13.0. The third kappa shape index (κ3) is 3.52. The lowest BCUT2D eigenvalue weighted by molar-refractivity contribution is 0.254. The van der Waals surface area contributed by atoms with E-state index in [0.29, 0.717) is 18.3 Å². The molecule has 1 fully saturated rings. The highest BCUT2D eigenvalue weighted by Crippen LogP contribution is 2.22. The molecule has 0 radical (unpaired) electrons. The Morgan fingerprint density at radius 3 is 2.85 bits per heavy atom. The molecule has 0 bridgehead atoms. The summed E-state index contributed by atoms with van der Waals surface area (Å²) in [6, 6.07) is 0.707. The molecule has 0 amide bonds. The molecule has 1 saturated carbocycles. The third-order valence-corrected chi connectivity index (χ3v) is 4.38. The Morgan fingerprint density at radius 2 is 2.20 bits per heavy atom. The van der Waals surface area contributed by atoms with E-state index in [0.717, 1.165) is 13.1 Å². The highest BCUT2D eigenvalue weighted by atomic mass is 35.5. The van der Waals surface area contributed by atoms with Crippen LogP contribution >= 0.6 is 11.6 Å². The first kappa shape index (κ1) is 15.3. The zero-order valence-electron chi connectivity index (χ0n) is 12.2. The van der Waals surface area contributed by atoms with Gasteiger partial charge in [-0.2, -0.15) is 5.10 Å². The predicted molar refractivity (Wildman–Crippen MR) is 82.6 cm³/mol. The van der Waals surface area contributed by atoms with Crippen LogP contribution in [0.5, 0.6) is 0 Å². The molecule has 1 N–H and O–H groups in total. The van der Waals surface area contributed by atoms with Gasteiger partial charge in [-0.15, -0.1) is 0 Å². The summed E-state index contributed by atoms with van der Waals surface area (Å²) in [7, 11) is 2.16. The van der Waals surface area contributed by atoms with Crippen LogP contribution in [0.3, 0.4) is 0 Å². The molecule has 6 heteroatoms. The van der Waals surface area contributed by atoms with E-state index in [1.807, 2.05) is 6.92 Å². The van der Waals surface area contributed by atoms with Gasteiger partial charge in [0.2, 0.25) is 0 Å². The number of hydrogen-bond acceptors (Lipinski definition) is 4. The lowest BCUT2D eigenvalue weighted by atomic mass is 10.2. The summed E-state index contributed by atoms with van der Waals surface area (Å²) < 4.78 is 1.36. The molecular weight excluding hydrogens is 276 g/mol. The van der Waals surface area contributed by atoms with Gasteiger partial charge in [0.15, 0.2) is 0 Å². The number of hydrogen-bond donors (Lipinski definition) is 1. The average Bonchev–Trinajstić information content (AvgIpc) is 2.98. The second-order valence-corrected chi connectivity index (χ2v) is 5.72. The maximum Gasteiger partial charge on any atom is 0.287 e. The largest absolute Gasteiger partial charge is 0.381 e. The summed E-state index contributed by atoms with van der Waals surface area (Å²) in [5, 5.41) is 7.51. The monoisotopic (exact) mass is 298 g/mol. The van der Waals surface area contributed by atoms with Gasteiger partial charge in [0.25, 0.3) is 5.56 Å². The van der Waals surface area contributed by atoms with Crippen molar-refractivity contribution in [2.24, 2.45) is 0 Å². The Kier molecular flexibility index (Phi) is 5.43. The summed E-state index contributed by atoms with van der Waals surface area (Å²) in [5.41, 5.74) is 0.393. The highest BCUT2D eigenvalue weighted by Gasteiger charge is 2.19. The van der Waals surface area contributed by atoms with Crippen molar-refractivity contribution < 1.29 is 0 Å². The Hall–Kier alpha value is -1.07. The minimum absolute atomic E-state index is 0.227. The van der Waals surface area contributed by atoms with Crippen molar-refractivity contribution >= 4 is 17.3 Å². The molecule has 1 aromatic rings. The normalized spacial score (nSPS) is 16.0. The first-order valence-corrected chi connectivity index (χ1v) is 7.71. The van der Waals surface area contributed by atoms with Crippen LogP contribution in [0.25, 0.3) is 0 Å². The van der Waals surface area contributed by atoms with Crippen LogP contribution in [0.4, 0.5) is 5.69 Å². The summed E-state index contributed by atoms with van der Waals surface area (Å²) in [4.78, 5) is 14.2. The fourth-order valence-electron chi connectivity index (χ4n) is 2.71. The smallest absolute Gasteiger partial charge is 0.287 e. The van der Waals surface area contributed by atoms with Gasteiger partial charge < -0.3 is 10.2 Å². The molecule has 0 aliphatic heterocycles. The molecule has 0 saturated heterocycles. The Bertz CT molecular complexity index is 496. The summed E-state index contributed by atoms with van der Waals surface area (Å²) in [6.07, 6.45) is 6.90. The molecule has 20 heavy (non-hydrogen) atoms. The van der Waals surface area contributed by atoms with Gasteiger partial charge in [-0.1, -0.05) is 24.4 Å². The maximum atomic E-state index is 11.8. The summed E-state index contributed by atoms with van der Waals surface area (Å²) in [6.45, 7) is 4.11. The Balaban J connectivity index is 1.88. The third-order valence-electron chi connectivity index (χ3n) is 4.01. The van der Waals surface area contributed by atoms with Crippen molar-refractivity contribution in [1.82, 2.24) is 14.7 Å².